The van der Waals surface area contributed by atoms with E-state index in [9.17, 15) is 0 Å². The van der Waals surface area contributed by atoms with E-state index in [4.69, 9.17) is 5.84 Å². The Hall–Kier alpha value is -1.24. The van der Waals surface area contributed by atoms with Gasteiger partial charge < -0.3 is 5.43 Å². The van der Waals surface area contributed by atoms with Crippen molar-refractivity contribution in [1.82, 2.24) is 19.8 Å². The summed E-state index contributed by atoms with van der Waals surface area (Å²) in [5.74, 6) is 6.94. The van der Waals surface area contributed by atoms with Gasteiger partial charge in [-0.1, -0.05) is 6.92 Å². The van der Waals surface area contributed by atoms with Crippen LogP contribution in [0.15, 0.2) is 6.07 Å². The van der Waals surface area contributed by atoms with Gasteiger partial charge in [0.05, 0.1) is 6.54 Å². The molecule has 1 saturated heterocycles. The first-order chi connectivity index (χ1) is 9.12. The van der Waals surface area contributed by atoms with E-state index in [-0.39, 0.29) is 0 Å². The Morgan fingerprint density at radius 1 is 1.42 bits per heavy atom. The van der Waals surface area contributed by atoms with Crippen molar-refractivity contribution in [2.45, 2.75) is 33.4 Å². The quantitative estimate of drug-likeness (QED) is 0.613. The molecule has 0 bridgehead atoms. The van der Waals surface area contributed by atoms with Crippen molar-refractivity contribution in [1.29, 1.82) is 0 Å². The molecule has 1 aromatic heterocycles. The van der Waals surface area contributed by atoms with Crippen molar-refractivity contribution in [3.63, 3.8) is 0 Å². The third kappa shape index (κ3) is 3.62. The van der Waals surface area contributed by atoms with Crippen LogP contribution in [-0.4, -0.2) is 52.0 Å². The van der Waals surface area contributed by atoms with Crippen LogP contribution < -0.4 is 11.3 Å². The Morgan fingerprint density at radius 3 is 2.84 bits per heavy atom. The number of nitrogens with zero attached hydrogens (tertiary/aromatic N) is 4. The van der Waals surface area contributed by atoms with Crippen molar-refractivity contribution >= 4 is 5.82 Å². The van der Waals surface area contributed by atoms with Crippen LogP contribution in [-0.2, 0) is 6.54 Å². The van der Waals surface area contributed by atoms with Crippen molar-refractivity contribution in [3.8, 4) is 0 Å². The summed E-state index contributed by atoms with van der Waals surface area (Å²) in [7, 11) is 0. The van der Waals surface area contributed by atoms with Crippen LogP contribution in [0, 0.1) is 6.92 Å². The minimum Gasteiger partial charge on any atom is -0.308 e. The zero-order valence-corrected chi connectivity index (χ0v) is 12.1. The van der Waals surface area contributed by atoms with E-state index in [0.29, 0.717) is 11.9 Å². The van der Waals surface area contributed by atoms with E-state index in [0.717, 1.165) is 44.2 Å². The lowest BCUT2D eigenvalue weighted by molar-refractivity contribution is 0.0817. The van der Waals surface area contributed by atoms with E-state index in [1.165, 1.54) is 0 Å². The second-order valence-electron chi connectivity index (χ2n) is 5.17. The maximum Gasteiger partial charge on any atom is 0.145 e. The smallest absolute Gasteiger partial charge is 0.145 e. The van der Waals surface area contributed by atoms with Crippen molar-refractivity contribution in [2.24, 2.45) is 5.84 Å². The topological polar surface area (TPSA) is 70.3 Å². The minimum absolute atomic E-state index is 0.593. The minimum atomic E-state index is 0.593. The number of nitrogens with one attached hydrogen (secondary N) is 1. The van der Waals surface area contributed by atoms with E-state index in [1.807, 2.05) is 13.0 Å². The van der Waals surface area contributed by atoms with Crippen LogP contribution in [0.5, 0.6) is 0 Å². The first-order valence-corrected chi connectivity index (χ1v) is 6.90. The van der Waals surface area contributed by atoms with Gasteiger partial charge in [-0.05, 0) is 20.4 Å². The molecule has 2 rings (SSSR count). The molecule has 106 valence electrons. The first-order valence-electron chi connectivity index (χ1n) is 6.90. The van der Waals surface area contributed by atoms with Gasteiger partial charge >= 0.3 is 0 Å². The van der Waals surface area contributed by atoms with Gasteiger partial charge in [-0.15, -0.1) is 0 Å². The summed E-state index contributed by atoms with van der Waals surface area (Å²) >= 11 is 0. The van der Waals surface area contributed by atoms with Crippen molar-refractivity contribution in [2.75, 3.05) is 31.6 Å². The summed E-state index contributed by atoms with van der Waals surface area (Å²) < 4.78 is 0. The van der Waals surface area contributed by atoms with Crippen LogP contribution in [0.1, 0.15) is 25.4 Å². The van der Waals surface area contributed by atoms with Gasteiger partial charge in [-0.25, -0.2) is 15.8 Å². The SMILES string of the molecule is CCN1CCN(Cc2nc(C)cc(NN)n2)CC1C. The molecule has 3 N–H and O–H groups in total. The maximum absolute atomic E-state index is 5.42. The highest BCUT2D eigenvalue weighted by Crippen LogP contribution is 2.12. The van der Waals surface area contributed by atoms with Crippen LogP contribution in [0.2, 0.25) is 0 Å². The fourth-order valence-corrected chi connectivity index (χ4v) is 2.66. The van der Waals surface area contributed by atoms with Gasteiger partial charge in [-0.3, -0.25) is 9.80 Å². The number of likely N-dealkylation sites (N-methyl/N-ethyl adjacent to an activating group) is 1. The second-order valence-corrected chi connectivity index (χ2v) is 5.17. The van der Waals surface area contributed by atoms with Crippen LogP contribution in [0.3, 0.4) is 0 Å². The molecule has 6 nitrogen and oxygen atoms in total. The standard InChI is InChI=1S/C13H24N6/c1-4-19-6-5-18(8-11(19)3)9-13-15-10(2)7-12(16-13)17-14/h7,11H,4-6,8-9,14H2,1-3H3,(H,15,16,17). The number of nitrogens with two attached hydrogens (primary N) is 1. The number of rotatable bonds is 4. The molecule has 19 heavy (non-hydrogen) atoms. The molecule has 1 aliphatic rings. The van der Waals surface area contributed by atoms with Crippen molar-refractivity contribution in [3.05, 3.63) is 17.6 Å². The molecule has 0 spiro atoms. The molecule has 2 heterocycles. The lowest BCUT2D eigenvalue weighted by Crippen LogP contribution is -2.51. The average Bonchev–Trinajstić information content (AvgIpc) is 2.38. The molecule has 1 atom stereocenters. The third-order valence-corrected chi connectivity index (χ3v) is 3.67. The van der Waals surface area contributed by atoms with Crippen LogP contribution >= 0.6 is 0 Å². The molecule has 0 amide bonds. The summed E-state index contributed by atoms with van der Waals surface area (Å²) in [5.41, 5.74) is 3.54. The number of aromatic nitrogens is 2. The Labute approximate surface area is 115 Å². The molecule has 6 heteroatoms. The zero-order chi connectivity index (χ0) is 13.8. The summed E-state index contributed by atoms with van der Waals surface area (Å²) in [5, 5.41) is 0. The van der Waals surface area contributed by atoms with Crippen molar-refractivity contribution < 1.29 is 0 Å². The Balaban J connectivity index is 2.00. The normalized spacial score (nSPS) is 21.6. The Kier molecular flexibility index (Phi) is 4.68. The van der Waals surface area contributed by atoms with Gasteiger partial charge in [0.2, 0.25) is 0 Å². The fraction of sp³-hybridized carbons (Fsp3) is 0.692. The molecule has 0 aliphatic carbocycles. The average molecular weight is 264 g/mol. The van der Waals surface area contributed by atoms with Gasteiger partial charge in [0.1, 0.15) is 11.6 Å². The molecular weight excluding hydrogens is 240 g/mol. The van der Waals surface area contributed by atoms with Gasteiger partial charge in [0, 0.05) is 37.4 Å². The largest absolute Gasteiger partial charge is 0.308 e. The lowest BCUT2D eigenvalue weighted by Gasteiger charge is -2.39. The predicted octanol–water partition coefficient (Wildman–Crippen LogP) is 0.597. The van der Waals surface area contributed by atoms with Gasteiger partial charge in [-0.2, -0.15) is 0 Å². The monoisotopic (exact) mass is 264 g/mol. The molecule has 0 radical (unpaired) electrons. The van der Waals surface area contributed by atoms with Gasteiger partial charge in [0.15, 0.2) is 0 Å². The van der Waals surface area contributed by atoms with Gasteiger partial charge in [0.25, 0.3) is 0 Å². The molecule has 1 fully saturated rings. The summed E-state index contributed by atoms with van der Waals surface area (Å²) in [6, 6.07) is 2.44. The fourth-order valence-electron chi connectivity index (χ4n) is 2.66. The predicted molar refractivity (Wildman–Crippen MR) is 76.6 cm³/mol. The molecule has 0 aromatic carbocycles. The molecule has 1 unspecified atom stereocenters. The number of nitrogen functional groups attached to an aromatic ring is 1. The van der Waals surface area contributed by atoms with E-state index < -0.39 is 0 Å². The van der Waals surface area contributed by atoms with E-state index in [2.05, 4.69) is 39.0 Å². The number of aryl methyl sites for hydroxylation is 1. The summed E-state index contributed by atoms with van der Waals surface area (Å²) in [6.07, 6.45) is 0. The first kappa shape index (κ1) is 14.2. The number of hydrogen-bond donors (Lipinski definition) is 2. The highest BCUT2D eigenvalue weighted by atomic mass is 15.3. The summed E-state index contributed by atoms with van der Waals surface area (Å²) in [4.78, 5) is 13.8. The Morgan fingerprint density at radius 2 is 2.21 bits per heavy atom. The molecule has 0 saturated carbocycles. The maximum atomic E-state index is 5.42. The lowest BCUT2D eigenvalue weighted by atomic mass is 10.2. The number of hydrazine groups is 1. The third-order valence-electron chi connectivity index (χ3n) is 3.67. The number of anilines is 1. The molecule has 1 aliphatic heterocycles. The number of hydrogen-bond acceptors (Lipinski definition) is 6. The van der Waals surface area contributed by atoms with Crippen LogP contribution in [0.4, 0.5) is 5.82 Å². The highest BCUT2D eigenvalue weighted by molar-refractivity contribution is 5.33. The number of piperazine rings is 1. The molecule has 1 aromatic rings. The molecular formula is C13H24N6. The Bertz CT molecular complexity index is 422. The van der Waals surface area contributed by atoms with E-state index >= 15 is 0 Å². The van der Waals surface area contributed by atoms with Crippen LogP contribution in [0.25, 0.3) is 0 Å². The second kappa shape index (κ2) is 6.27. The van der Waals surface area contributed by atoms with E-state index in [1.54, 1.807) is 0 Å². The highest BCUT2D eigenvalue weighted by Gasteiger charge is 2.22. The summed E-state index contributed by atoms with van der Waals surface area (Å²) in [6.45, 7) is 11.6. The zero-order valence-electron chi connectivity index (χ0n) is 12.1.